The highest BCUT2D eigenvalue weighted by molar-refractivity contribution is 8.93. The monoisotopic (exact) mass is 428 g/mol. The second-order valence-electron chi connectivity index (χ2n) is 4.69. The van der Waals surface area contributed by atoms with Gasteiger partial charge in [0.1, 0.15) is 0 Å². The van der Waals surface area contributed by atoms with Crippen molar-refractivity contribution in [2.75, 3.05) is 6.61 Å². The first kappa shape index (κ1) is 25.2. The van der Waals surface area contributed by atoms with Gasteiger partial charge in [0.25, 0.3) is 0 Å². The van der Waals surface area contributed by atoms with Gasteiger partial charge in [0.2, 0.25) is 0 Å². The van der Waals surface area contributed by atoms with Crippen LogP contribution in [0.15, 0.2) is 0 Å². The number of esters is 4. The smallest absolute Gasteiger partial charge is 0.303 e. The predicted molar refractivity (Wildman–Crippen MR) is 85.7 cm³/mol. The minimum absolute atomic E-state index is 0. The molecule has 10 nitrogen and oxygen atoms in total. The summed E-state index contributed by atoms with van der Waals surface area (Å²) in [5.41, 5.74) is 0. The highest BCUT2D eigenvalue weighted by Crippen LogP contribution is 2.18. The second kappa shape index (κ2) is 12.4. The average Bonchev–Trinajstić information content (AvgIpc) is 2.45. The van der Waals surface area contributed by atoms with Crippen molar-refractivity contribution in [2.24, 2.45) is 0 Å². The van der Waals surface area contributed by atoms with Gasteiger partial charge in [-0.05, 0) is 0 Å². The number of ether oxygens (including phenoxy) is 4. The summed E-state index contributed by atoms with van der Waals surface area (Å²) in [4.78, 5) is 56.0. The Bertz CT molecular complexity index is 492. The molecule has 0 aliphatic rings. The molecule has 0 saturated carbocycles. The predicted octanol–water partition coefficient (Wildman–Crippen LogP) is -0.518. The number of aliphatic hydroxyl groups excluding tert-OH is 1. The number of hydrogen-bond donors (Lipinski definition) is 1. The van der Waals surface area contributed by atoms with Gasteiger partial charge >= 0.3 is 23.9 Å². The van der Waals surface area contributed by atoms with E-state index < -0.39 is 54.9 Å². The van der Waals surface area contributed by atoms with E-state index in [1.165, 1.54) is 0 Å². The lowest BCUT2D eigenvalue weighted by atomic mass is 10.0. The highest BCUT2D eigenvalue weighted by Gasteiger charge is 2.43. The molecule has 0 aromatic heterocycles. The summed E-state index contributed by atoms with van der Waals surface area (Å²) in [7, 11) is 0. The maximum atomic E-state index is 11.3. The second-order valence-corrected chi connectivity index (χ2v) is 4.69. The molecule has 0 bridgehead atoms. The molecular weight excluding hydrogens is 408 g/mol. The molecule has 4 atom stereocenters. The number of rotatable bonds is 9. The molecule has 0 aromatic rings. The Hall–Kier alpha value is -2.01. The lowest BCUT2D eigenvalue weighted by Crippen LogP contribution is -2.53. The number of aliphatic hydroxyl groups is 1. The third-order valence-corrected chi connectivity index (χ3v) is 2.55. The first-order valence-corrected chi connectivity index (χ1v) is 6.87. The van der Waals surface area contributed by atoms with Crippen molar-refractivity contribution in [3.63, 3.8) is 0 Å². The fourth-order valence-corrected chi connectivity index (χ4v) is 1.84. The van der Waals surface area contributed by atoms with Crippen LogP contribution in [0.5, 0.6) is 0 Å². The van der Waals surface area contributed by atoms with Crippen LogP contribution in [0.4, 0.5) is 0 Å². The SMILES string of the molecule is Br.CC(=O)O[C@H]([C@H](OC(C)=O)[C@H](C=O)OC(C)=O)[C@@H](CO)OC(C)=O. The van der Waals surface area contributed by atoms with Gasteiger partial charge in [-0.3, -0.25) is 24.0 Å². The van der Waals surface area contributed by atoms with Crippen molar-refractivity contribution < 1.29 is 48.0 Å². The molecule has 0 unspecified atom stereocenters. The van der Waals surface area contributed by atoms with Crippen molar-refractivity contribution in [1.82, 2.24) is 0 Å². The fraction of sp³-hybridized carbons (Fsp3) is 0.643. The van der Waals surface area contributed by atoms with Crippen LogP contribution in [0.3, 0.4) is 0 Å². The van der Waals surface area contributed by atoms with Crippen LogP contribution in [-0.2, 0) is 42.9 Å². The van der Waals surface area contributed by atoms with Crippen LogP contribution < -0.4 is 0 Å². The van der Waals surface area contributed by atoms with E-state index in [0.717, 1.165) is 27.7 Å². The average molecular weight is 429 g/mol. The van der Waals surface area contributed by atoms with Crippen LogP contribution in [-0.4, -0.2) is 66.3 Å². The van der Waals surface area contributed by atoms with Crippen LogP contribution in [0.1, 0.15) is 27.7 Å². The molecule has 0 radical (unpaired) electrons. The number of hydrogen-bond acceptors (Lipinski definition) is 10. The van der Waals surface area contributed by atoms with Gasteiger partial charge < -0.3 is 24.1 Å². The summed E-state index contributed by atoms with van der Waals surface area (Å²) in [6.07, 6.45) is -6.12. The Morgan fingerprint density at radius 2 is 1.20 bits per heavy atom. The normalized spacial score (nSPS) is 14.6. The van der Waals surface area contributed by atoms with Gasteiger partial charge in [0.05, 0.1) is 6.61 Å². The van der Waals surface area contributed by atoms with Crippen LogP contribution in [0, 0.1) is 0 Å². The molecule has 0 saturated heterocycles. The molecule has 0 heterocycles. The van der Waals surface area contributed by atoms with Crippen molar-refractivity contribution in [1.29, 1.82) is 0 Å². The van der Waals surface area contributed by atoms with E-state index >= 15 is 0 Å². The zero-order valence-electron chi connectivity index (χ0n) is 14.1. The van der Waals surface area contributed by atoms with Crippen LogP contribution >= 0.6 is 17.0 Å². The van der Waals surface area contributed by atoms with Crippen molar-refractivity contribution in [2.45, 2.75) is 52.1 Å². The molecule has 0 spiro atoms. The lowest BCUT2D eigenvalue weighted by Gasteiger charge is -2.33. The van der Waals surface area contributed by atoms with Gasteiger partial charge in [-0.25, -0.2) is 0 Å². The molecule has 25 heavy (non-hydrogen) atoms. The van der Waals surface area contributed by atoms with Crippen LogP contribution in [0.2, 0.25) is 0 Å². The molecule has 11 heteroatoms. The first-order chi connectivity index (χ1) is 11.1. The zero-order valence-corrected chi connectivity index (χ0v) is 15.8. The third-order valence-electron chi connectivity index (χ3n) is 2.55. The topological polar surface area (TPSA) is 142 Å². The summed E-state index contributed by atoms with van der Waals surface area (Å²) in [6.45, 7) is 3.27. The molecule has 0 aromatic carbocycles. The molecule has 0 fully saturated rings. The molecule has 0 aliphatic carbocycles. The lowest BCUT2D eigenvalue weighted by molar-refractivity contribution is -0.199. The Kier molecular flexibility index (Phi) is 12.5. The summed E-state index contributed by atoms with van der Waals surface area (Å²) >= 11 is 0. The van der Waals surface area contributed by atoms with E-state index in [-0.39, 0.29) is 23.3 Å². The van der Waals surface area contributed by atoms with Gasteiger partial charge in [0.15, 0.2) is 30.7 Å². The Balaban J connectivity index is 0. The van der Waals surface area contributed by atoms with Gasteiger partial charge in [-0.15, -0.1) is 17.0 Å². The quantitative estimate of drug-likeness (QED) is 0.289. The third kappa shape index (κ3) is 9.77. The van der Waals surface area contributed by atoms with Crippen molar-refractivity contribution in [3.8, 4) is 0 Å². The number of halogens is 1. The van der Waals surface area contributed by atoms with Gasteiger partial charge in [-0.1, -0.05) is 0 Å². The van der Waals surface area contributed by atoms with Gasteiger partial charge in [-0.2, -0.15) is 0 Å². The summed E-state index contributed by atoms with van der Waals surface area (Å²) in [5.74, 6) is -3.42. The standard InChI is InChI=1S/C14H20O10.BrH/c1-7(17)21-11(5-15)13(23-9(3)19)14(24-10(4)20)12(6-16)22-8(2)18;/h5,11-14,16H,6H2,1-4H3;1H/t11-,12+,13+,14-;/m0./s1. The number of aldehydes is 1. The molecule has 1 N–H and O–H groups in total. The number of carbonyl (C=O) groups excluding carboxylic acids is 5. The first-order valence-electron chi connectivity index (χ1n) is 6.87. The molecule has 144 valence electrons. The Morgan fingerprint density at radius 1 is 0.800 bits per heavy atom. The number of carbonyl (C=O) groups is 5. The fourth-order valence-electron chi connectivity index (χ4n) is 1.84. The van der Waals surface area contributed by atoms with E-state index in [9.17, 15) is 29.1 Å². The van der Waals surface area contributed by atoms with Gasteiger partial charge in [0, 0.05) is 27.7 Å². The molecule has 0 amide bonds. The van der Waals surface area contributed by atoms with Crippen molar-refractivity contribution >= 4 is 47.1 Å². The maximum Gasteiger partial charge on any atom is 0.303 e. The Labute approximate surface area is 154 Å². The minimum Gasteiger partial charge on any atom is -0.456 e. The van der Waals surface area contributed by atoms with E-state index in [2.05, 4.69) is 0 Å². The minimum atomic E-state index is -1.64. The van der Waals surface area contributed by atoms with E-state index in [1.54, 1.807) is 0 Å². The van der Waals surface area contributed by atoms with Crippen LogP contribution in [0.25, 0.3) is 0 Å². The largest absolute Gasteiger partial charge is 0.456 e. The van der Waals surface area contributed by atoms with E-state index in [1.807, 2.05) is 0 Å². The Morgan fingerprint density at radius 3 is 1.52 bits per heavy atom. The van der Waals surface area contributed by atoms with E-state index in [0.29, 0.717) is 0 Å². The molecular formula is C14H21BrO10. The highest BCUT2D eigenvalue weighted by atomic mass is 79.9. The maximum absolute atomic E-state index is 11.3. The molecule has 0 aliphatic heterocycles. The van der Waals surface area contributed by atoms with E-state index in [4.69, 9.17) is 18.9 Å². The summed E-state index contributed by atoms with van der Waals surface area (Å²) in [5, 5.41) is 9.37. The van der Waals surface area contributed by atoms with Crippen molar-refractivity contribution in [3.05, 3.63) is 0 Å². The zero-order chi connectivity index (χ0) is 18.9. The summed E-state index contributed by atoms with van der Waals surface area (Å²) < 4.78 is 19.4. The molecule has 0 rings (SSSR count). The summed E-state index contributed by atoms with van der Waals surface area (Å²) in [6, 6.07) is 0.